The van der Waals surface area contributed by atoms with Crippen LogP contribution in [0.1, 0.15) is 11.1 Å². The Morgan fingerprint density at radius 1 is 1.04 bits per heavy atom. The maximum Gasteiger partial charge on any atom is 0.231 e. The first-order valence-electron chi connectivity index (χ1n) is 8.68. The molecule has 0 radical (unpaired) electrons. The predicted molar refractivity (Wildman–Crippen MR) is 93.6 cm³/mol. The number of fused-ring (bicyclic) bond motifs is 1. The van der Waals surface area contributed by atoms with Crippen molar-refractivity contribution in [3.63, 3.8) is 0 Å². The fraction of sp³-hybridized carbons (Fsp3) is 0.400. The van der Waals surface area contributed by atoms with Crippen molar-refractivity contribution in [3.05, 3.63) is 47.5 Å². The van der Waals surface area contributed by atoms with Gasteiger partial charge >= 0.3 is 0 Å². The van der Waals surface area contributed by atoms with E-state index in [1.54, 1.807) is 6.07 Å². The van der Waals surface area contributed by atoms with E-state index in [1.165, 1.54) is 7.11 Å². The number of aromatic hydroxyl groups is 1. The quantitative estimate of drug-likeness (QED) is 0.855. The molecule has 4 rings (SSSR count). The van der Waals surface area contributed by atoms with Gasteiger partial charge < -0.3 is 29.2 Å². The highest BCUT2D eigenvalue weighted by Gasteiger charge is 2.36. The van der Waals surface area contributed by atoms with Crippen LogP contribution in [0.5, 0.6) is 23.0 Å². The van der Waals surface area contributed by atoms with Crippen LogP contribution in [0.2, 0.25) is 0 Å². The first-order valence-corrected chi connectivity index (χ1v) is 8.68. The van der Waals surface area contributed by atoms with E-state index in [4.69, 9.17) is 18.9 Å². The molecular weight excluding hydrogens is 336 g/mol. The monoisotopic (exact) mass is 358 g/mol. The molecule has 2 aromatic rings. The second kappa shape index (κ2) is 7.05. The van der Waals surface area contributed by atoms with E-state index in [1.807, 2.05) is 30.3 Å². The molecule has 2 aliphatic heterocycles. The van der Waals surface area contributed by atoms with Gasteiger partial charge in [-0.2, -0.15) is 0 Å². The van der Waals surface area contributed by atoms with Crippen LogP contribution in [0, 0.1) is 11.8 Å². The minimum absolute atomic E-state index is 0.0184. The summed E-state index contributed by atoms with van der Waals surface area (Å²) in [5, 5.41) is 20.0. The molecule has 3 atom stereocenters. The average Bonchev–Trinajstić information content (AvgIpc) is 3.24. The van der Waals surface area contributed by atoms with Gasteiger partial charge in [-0.1, -0.05) is 12.1 Å². The molecule has 2 aliphatic rings. The van der Waals surface area contributed by atoms with E-state index in [0.29, 0.717) is 18.8 Å². The lowest BCUT2D eigenvalue weighted by Gasteiger charge is -2.20. The van der Waals surface area contributed by atoms with Crippen LogP contribution < -0.4 is 14.2 Å². The molecule has 1 saturated heterocycles. The summed E-state index contributed by atoms with van der Waals surface area (Å²) in [5.41, 5.74) is 2.12. The number of phenolic OH excluding ortho intramolecular Hbond substituents is 1. The Kier molecular flexibility index (Phi) is 4.61. The maximum atomic E-state index is 10.3. The van der Waals surface area contributed by atoms with E-state index >= 15 is 0 Å². The lowest BCUT2D eigenvalue weighted by molar-refractivity contribution is -0.0820. The highest BCUT2D eigenvalue weighted by Crippen LogP contribution is 2.37. The highest BCUT2D eigenvalue weighted by atomic mass is 16.7. The zero-order valence-corrected chi connectivity index (χ0v) is 14.6. The van der Waals surface area contributed by atoms with Crippen LogP contribution >= 0.6 is 0 Å². The number of ether oxygens (including phenoxy) is 4. The Morgan fingerprint density at radius 2 is 1.81 bits per heavy atom. The van der Waals surface area contributed by atoms with Crippen molar-refractivity contribution in [2.75, 3.05) is 20.5 Å². The number of hydrogen-bond acceptors (Lipinski definition) is 6. The van der Waals surface area contributed by atoms with Gasteiger partial charge in [-0.15, -0.1) is 0 Å². The minimum atomic E-state index is -0.788. The first kappa shape index (κ1) is 17.0. The van der Waals surface area contributed by atoms with E-state index in [-0.39, 0.29) is 24.4 Å². The van der Waals surface area contributed by atoms with Crippen LogP contribution in [0.4, 0.5) is 0 Å². The van der Waals surface area contributed by atoms with E-state index in [2.05, 4.69) is 0 Å². The van der Waals surface area contributed by atoms with E-state index < -0.39 is 6.29 Å². The summed E-state index contributed by atoms with van der Waals surface area (Å²) in [7, 11) is 1.53. The van der Waals surface area contributed by atoms with Crippen molar-refractivity contribution in [3.8, 4) is 23.0 Å². The van der Waals surface area contributed by atoms with Crippen LogP contribution in [0.3, 0.4) is 0 Å². The molecule has 2 aromatic carbocycles. The van der Waals surface area contributed by atoms with Crippen LogP contribution in [-0.4, -0.2) is 37.0 Å². The van der Waals surface area contributed by atoms with Crippen LogP contribution in [0.25, 0.3) is 0 Å². The molecule has 0 aromatic heterocycles. The van der Waals surface area contributed by atoms with Crippen molar-refractivity contribution in [1.29, 1.82) is 0 Å². The zero-order chi connectivity index (χ0) is 18.1. The Balaban J connectivity index is 1.49. The number of aliphatic hydroxyl groups is 1. The molecule has 6 heteroatoms. The normalized spacial score (nSPS) is 24.0. The molecule has 1 fully saturated rings. The van der Waals surface area contributed by atoms with Crippen molar-refractivity contribution in [2.24, 2.45) is 11.8 Å². The minimum Gasteiger partial charge on any atom is -0.504 e. The third-order valence-corrected chi connectivity index (χ3v) is 5.10. The fourth-order valence-corrected chi connectivity index (χ4v) is 3.67. The largest absolute Gasteiger partial charge is 0.504 e. The summed E-state index contributed by atoms with van der Waals surface area (Å²) in [6, 6.07) is 11.2. The summed E-state index contributed by atoms with van der Waals surface area (Å²) in [6.45, 7) is 0.749. The maximum absolute atomic E-state index is 10.3. The summed E-state index contributed by atoms with van der Waals surface area (Å²) in [5.74, 6) is 2.23. The molecular formula is C20H22O6. The smallest absolute Gasteiger partial charge is 0.231 e. The Labute approximate surface area is 151 Å². The Bertz CT molecular complexity index is 790. The molecule has 0 unspecified atom stereocenters. The number of methoxy groups -OCH3 is 1. The average molecular weight is 358 g/mol. The lowest BCUT2D eigenvalue weighted by Crippen LogP contribution is -2.24. The topological polar surface area (TPSA) is 77.4 Å². The third kappa shape index (κ3) is 3.30. The van der Waals surface area contributed by atoms with Gasteiger partial charge in [0, 0.05) is 5.92 Å². The number of phenols is 1. The standard InChI is InChI=1S/C20H22O6/c1-23-18-8-12(2-4-16(18)21)6-14-10-24-20(22)15(14)7-13-3-5-17-19(9-13)26-11-25-17/h2-5,8-9,14-15,20-22H,6-7,10-11H2,1H3/t14-,15+,20+/m0/s1. The molecule has 0 aliphatic carbocycles. The van der Waals surface area contributed by atoms with Gasteiger partial charge in [-0.05, 0) is 54.2 Å². The summed E-state index contributed by atoms with van der Waals surface area (Å²) in [6.07, 6.45) is 0.644. The molecule has 6 nitrogen and oxygen atoms in total. The molecule has 0 amide bonds. The molecule has 0 spiro atoms. The first-order chi connectivity index (χ1) is 12.6. The summed E-state index contributed by atoms with van der Waals surface area (Å²) in [4.78, 5) is 0. The van der Waals surface area contributed by atoms with Gasteiger partial charge in [-0.25, -0.2) is 0 Å². The van der Waals surface area contributed by atoms with Gasteiger partial charge in [0.15, 0.2) is 29.3 Å². The summed E-state index contributed by atoms with van der Waals surface area (Å²) < 4.78 is 21.5. The number of aliphatic hydroxyl groups excluding tert-OH is 1. The van der Waals surface area contributed by atoms with Gasteiger partial charge in [-0.3, -0.25) is 0 Å². The number of rotatable bonds is 5. The SMILES string of the molecule is COc1cc(C[C@H]2CO[C@@H](O)[C@@H]2Cc2ccc3c(c2)OCO3)ccc1O. The second-order valence-electron chi connectivity index (χ2n) is 6.75. The van der Waals surface area contributed by atoms with Crippen LogP contribution in [0.15, 0.2) is 36.4 Å². The van der Waals surface area contributed by atoms with E-state index in [0.717, 1.165) is 29.0 Å². The molecule has 0 saturated carbocycles. The Morgan fingerprint density at radius 3 is 2.65 bits per heavy atom. The summed E-state index contributed by atoms with van der Waals surface area (Å²) >= 11 is 0. The van der Waals surface area contributed by atoms with Crippen molar-refractivity contribution < 1.29 is 29.2 Å². The third-order valence-electron chi connectivity index (χ3n) is 5.10. The molecule has 2 N–H and O–H groups in total. The fourth-order valence-electron chi connectivity index (χ4n) is 3.67. The van der Waals surface area contributed by atoms with Gasteiger partial charge in [0.05, 0.1) is 13.7 Å². The highest BCUT2D eigenvalue weighted by molar-refractivity contribution is 5.45. The predicted octanol–water partition coefficient (Wildman–Crippen LogP) is 2.50. The molecule has 2 heterocycles. The zero-order valence-electron chi connectivity index (χ0n) is 14.6. The number of hydrogen-bond donors (Lipinski definition) is 2. The van der Waals surface area contributed by atoms with E-state index in [9.17, 15) is 10.2 Å². The molecule has 26 heavy (non-hydrogen) atoms. The second-order valence-corrected chi connectivity index (χ2v) is 6.75. The number of benzene rings is 2. The Hall–Kier alpha value is -2.44. The van der Waals surface area contributed by atoms with Gasteiger partial charge in [0.25, 0.3) is 0 Å². The van der Waals surface area contributed by atoms with Crippen molar-refractivity contribution in [1.82, 2.24) is 0 Å². The lowest BCUT2D eigenvalue weighted by atomic mass is 9.84. The van der Waals surface area contributed by atoms with Crippen molar-refractivity contribution >= 4 is 0 Å². The van der Waals surface area contributed by atoms with Crippen LogP contribution in [-0.2, 0) is 17.6 Å². The molecule has 138 valence electrons. The molecule has 0 bridgehead atoms. The van der Waals surface area contributed by atoms with Gasteiger partial charge in [0.2, 0.25) is 6.79 Å². The van der Waals surface area contributed by atoms with Gasteiger partial charge in [0.1, 0.15) is 0 Å². The van der Waals surface area contributed by atoms with Crippen molar-refractivity contribution in [2.45, 2.75) is 19.1 Å².